The first kappa shape index (κ1) is 8.52. The van der Waals surface area contributed by atoms with Gasteiger partial charge in [-0.1, -0.05) is 24.8 Å². The van der Waals surface area contributed by atoms with Gasteiger partial charge in [-0.3, -0.25) is 4.79 Å². The molecule has 1 N–H and O–H groups in total. The summed E-state index contributed by atoms with van der Waals surface area (Å²) in [5.74, 6) is -0.137. The van der Waals surface area contributed by atoms with Crippen molar-refractivity contribution >= 4 is 5.91 Å². The van der Waals surface area contributed by atoms with Crippen LogP contribution >= 0.6 is 0 Å². The Hall–Kier alpha value is -2.08. The molecule has 3 heteroatoms. The number of amides is 1. The van der Waals surface area contributed by atoms with E-state index in [4.69, 9.17) is 5.26 Å². The van der Waals surface area contributed by atoms with E-state index in [1.54, 1.807) is 12.1 Å². The van der Waals surface area contributed by atoms with Gasteiger partial charge in [0.2, 0.25) is 0 Å². The maximum atomic E-state index is 11.4. The largest absolute Gasteiger partial charge is 0.340 e. The Morgan fingerprint density at radius 1 is 1.50 bits per heavy atom. The molecular formula is C11H8N2O. The molecule has 0 bridgehead atoms. The lowest BCUT2D eigenvalue weighted by atomic mass is 10.0. The second-order valence-corrected chi connectivity index (χ2v) is 3.13. The van der Waals surface area contributed by atoms with Crippen molar-refractivity contribution in [3.8, 4) is 6.07 Å². The van der Waals surface area contributed by atoms with Gasteiger partial charge in [0.25, 0.3) is 5.91 Å². The van der Waals surface area contributed by atoms with Crippen LogP contribution in [0.15, 0.2) is 36.4 Å². The summed E-state index contributed by atoms with van der Waals surface area (Å²) in [7, 11) is 0. The zero-order valence-electron chi connectivity index (χ0n) is 7.45. The fourth-order valence-corrected chi connectivity index (χ4v) is 1.58. The first-order valence-electron chi connectivity index (χ1n) is 4.22. The van der Waals surface area contributed by atoms with E-state index < -0.39 is 0 Å². The van der Waals surface area contributed by atoms with Crippen molar-refractivity contribution in [3.63, 3.8) is 0 Å². The minimum Gasteiger partial charge on any atom is -0.340 e. The average Bonchev–Trinajstić information content (AvgIpc) is 2.56. The van der Waals surface area contributed by atoms with Gasteiger partial charge >= 0.3 is 0 Å². The summed E-state index contributed by atoms with van der Waals surface area (Å²) in [6.45, 7) is 3.61. The minimum absolute atomic E-state index is 0.137. The smallest absolute Gasteiger partial charge is 0.252 e. The molecule has 0 saturated carbocycles. The lowest BCUT2D eigenvalue weighted by molar-refractivity contribution is 0.0960. The molecule has 0 radical (unpaired) electrons. The standard InChI is InChI=1S/C11H8N2O/c1-7(6-12)10-8-4-2-3-5-9(8)11(14)13-10/h2-5,10H,1H2,(H,13,14). The van der Waals surface area contributed by atoms with Crippen LogP contribution in [0.3, 0.4) is 0 Å². The van der Waals surface area contributed by atoms with E-state index >= 15 is 0 Å². The van der Waals surface area contributed by atoms with Crippen molar-refractivity contribution < 1.29 is 4.79 Å². The predicted molar refractivity (Wildman–Crippen MR) is 51.4 cm³/mol. The van der Waals surface area contributed by atoms with Crippen molar-refractivity contribution in [2.24, 2.45) is 0 Å². The van der Waals surface area contributed by atoms with E-state index in [1.807, 2.05) is 18.2 Å². The molecule has 0 fully saturated rings. The third-order valence-corrected chi connectivity index (χ3v) is 2.28. The van der Waals surface area contributed by atoms with Crippen LogP contribution in [0.1, 0.15) is 22.0 Å². The number of nitrogens with zero attached hydrogens (tertiary/aromatic N) is 1. The Labute approximate surface area is 81.7 Å². The summed E-state index contributed by atoms with van der Waals surface area (Å²) in [6.07, 6.45) is 0. The molecule has 14 heavy (non-hydrogen) atoms. The summed E-state index contributed by atoms with van der Waals surface area (Å²) in [4.78, 5) is 11.4. The van der Waals surface area contributed by atoms with Gasteiger partial charge in [0, 0.05) is 11.1 Å². The molecule has 1 atom stereocenters. The van der Waals surface area contributed by atoms with Gasteiger partial charge in [0.15, 0.2) is 0 Å². The average molecular weight is 184 g/mol. The van der Waals surface area contributed by atoms with Crippen molar-refractivity contribution in [2.45, 2.75) is 6.04 Å². The van der Waals surface area contributed by atoms with Gasteiger partial charge in [-0.25, -0.2) is 0 Å². The number of nitriles is 1. The number of hydrogen-bond acceptors (Lipinski definition) is 2. The normalized spacial score (nSPS) is 18.2. The monoisotopic (exact) mass is 184 g/mol. The molecule has 1 amide bonds. The van der Waals surface area contributed by atoms with Crippen molar-refractivity contribution in [1.82, 2.24) is 5.32 Å². The minimum atomic E-state index is -0.344. The van der Waals surface area contributed by atoms with Gasteiger partial charge in [-0.15, -0.1) is 0 Å². The van der Waals surface area contributed by atoms with E-state index in [1.165, 1.54) is 0 Å². The second kappa shape index (κ2) is 3.00. The summed E-state index contributed by atoms with van der Waals surface area (Å²) in [5, 5.41) is 11.4. The van der Waals surface area contributed by atoms with E-state index in [0.29, 0.717) is 11.1 Å². The van der Waals surface area contributed by atoms with Crippen LogP contribution in [0.2, 0.25) is 0 Å². The number of rotatable bonds is 1. The van der Waals surface area contributed by atoms with Crippen LogP contribution in [0.4, 0.5) is 0 Å². The quantitative estimate of drug-likeness (QED) is 0.673. The molecule has 1 unspecified atom stereocenters. The molecule has 68 valence electrons. The molecule has 1 aliphatic heterocycles. The van der Waals surface area contributed by atoms with Crippen LogP contribution in [0.25, 0.3) is 0 Å². The Morgan fingerprint density at radius 2 is 2.21 bits per heavy atom. The fourth-order valence-electron chi connectivity index (χ4n) is 1.58. The topological polar surface area (TPSA) is 52.9 Å². The SMILES string of the molecule is C=C(C#N)C1NC(=O)c2ccccc21. The van der Waals surface area contributed by atoms with Crippen molar-refractivity contribution in [2.75, 3.05) is 0 Å². The Kier molecular flexibility index (Phi) is 1.83. The molecule has 0 aromatic heterocycles. The van der Waals surface area contributed by atoms with Gasteiger partial charge in [-0.2, -0.15) is 5.26 Å². The molecule has 0 aliphatic carbocycles. The van der Waals surface area contributed by atoms with E-state index in [-0.39, 0.29) is 11.9 Å². The fraction of sp³-hybridized carbons (Fsp3) is 0.0909. The molecule has 1 aromatic rings. The van der Waals surface area contributed by atoms with Crippen LogP contribution in [0, 0.1) is 11.3 Å². The highest BCUT2D eigenvalue weighted by Crippen LogP contribution is 2.29. The zero-order valence-corrected chi connectivity index (χ0v) is 7.45. The number of carbonyl (C=O) groups excluding carboxylic acids is 1. The van der Waals surface area contributed by atoms with Crippen LogP contribution in [0.5, 0.6) is 0 Å². The summed E-state index contributed by atoms with van der Waals surface area (Å²) >= 11 is 0. The predicted octanol–water partition coefficient (Wildman–Crippen LogP) is 1.55. The molecule has 2 rings (SSSR count). The number of carbonyl (C=O) groups is 1. The summed E-state index contributed by atoms with van der Waals surface area (Å²) in [5.41, 5.74) is 1.83. The summed E-state index contributed by atoms with van der Waals surface area (Å²) < 4.78 is 0. The Balaban J connectivity index is 2.50. The number of fused-ring (bicyclic) bond motifs is 1. The van der Waals surface area contributed by atoms with Gasteiger partial charge in [-0.05, 0) is 11.6 Å². The lowest BCUT2D eigenvalue weighted by Crippen LogP contribution is -2.19. The molecular weight excluding hydrogens is 176 g/mol. The van der Waals surface area contributed by atoms with Crippen LogP contribution in [-0.2, 0) is 0 Å². The van der Waals surface area contributed by atoms with E-state index in [0.717, 1.165) is 5.56 Å². The molecule has 1 aromatic carbocycles. The maximum Gasteiger partial charge on any atom is 0.252 e. The first-order chi connectivity index (χ1) is 6.74. The van der Waals surface area contributed by atoms with Crippen LogP contribution in [-0.4, -0.2) is 5.91 Å². The third-order valence-electron chi connectivity index (χ3n) is 2.28. The maximum absolute atomic E-state index is 11.4. The van der Waals surface area contributed by atoms with Gasteiger partial charge in [0.05, 0.1) is 12.1 Å². The van der Waals surface area contributed by atoms with E-state index in [9.17, 15) is 4.79 Å². The zero-order chi connectivity index (χ0) is 10.1. The second-order valence-electron chi connectivity index (χ2n) is 3.13. The molecule has 0 spiro atoms. The van der Waals surface area contributed by atoms with Crippen LogP contribution < -0.4 is 5.32 Å². The highest BCUT2D eigenvalue weighted by Gasteiger charge is 2.29. The third kappa shape index (κ3) is 1.09. The number of nitrogens with one attached hydrogen (secondary N) is 1. The van der Waals surface area contributed by atoms with Gasteiger partial charge in [0.1, 0.15) is 0 Å². The lowest BCUT2D eigenvalue weighted by Gasteiger charge is -2.07. The van der Waals surface area contributed by atoms with E-state index in [2.05, 4.69) is 11.9 Å². The number of hydrogen-bond donors (Lipinski definition) is 1. The molecule has 3 nitrogen and oxygen atoms in total. The Morgan fingerprint density at radius 3 is 2.93 bits per heavy atom. The molecule has 1 aliphatic rings. The number of benzene rings is 1. The first-order valence-corrected chi connectivity index (χ1v) is 4.22. The highest BCUT2D eigenvalue weighted by atomic mass is 16.2. The van der Waals surface area contributed by atoms with Gasteiger partial charge < -0.3 is 5.32 Å². The Bertz CT molecular complexity index is 457. The summed E-state index contributed by atoms with van der Waals surface area (Å²) in [6, 6.07) is 8.84. The van der Waals surface area contributed by atoms with Crippen molar-refractivity contribution in [3.05, 3.63) is 47.5 Å². The molecule has 0 saturated heterocycles. The molecule has 1 heterocycles. The van der Waals surface area contributed by atoms with Crippen molar-refractivity contribution in [1.29, 1.82) is 5.26 Å². The highest BCUT2D eigenvalue weighted by molar-refractivity contribution is 5.99.